The number of carbonyl (C=O) groups excluding carboxylic acids is 1. The first kappa shape index (κ1) is 17.1. The number of hydrogen-bond acceptors (Lipinski definition) is 2. The number of hydrogen-bond donors (Lipinski definition) is 1. The summed E-state index contributed by atoms with van der Waals surface area (Å²) in [6.07, 6.45) is 0.663. The van der Waals surface area contributed by atoms with Crippen molar-refractivity contribution in [1.82, 2.24) is 5.32 Å². The van der Waals surface area contributed by atoms with Gasteiger partial charge in [-0.1, -0.05) is 78.9 Å². The van der Waals surface area contributed by atoms with Gasteiger partial charge in [-0.15, -0.1) is 0 Å². The van der Waals surface area contributed by atoms with E-state index in [2.05, 4.69) is 5.32 Å². The summed E-state index contributed by atoms with van der Waals surface area (Å²) in [6.45, 7) is 0.537. The highest BCUT2D eigenvalue weighted by Crippen LogP contribution is 2.25. The van der Waals surface area contributed by atoms with Crippen molar-refractivity contribution >= 4 is 16.9 Å². The Morgan fingerprint density at radius 3 is 2.04 bits per heavy atom. The maximum Gasteiger partial charge on any atom is 0.232 e. The molecule has 0 aliphatic heterocycles. The van der Waals surface area contributed by atoms with Gasteiger partial charge in [-0.2, -0.15) is 0 Å². The molecule has 3 aromatic carbocycles. The second-order valence-corrected chi connectivity index (χ2v) is 6.55. The van der Waals surface area contributed by atoms with Crippen LogP contribution in [0.3, 0.4) is 0 Å². The van der Waals surface area contributed by atoms with Crippen LogP contribution in [0, 0.1) is 0 Å². The van der Waals surface area contributed by atoms with E-state index >= 15 is 0 Å². The van der Waals surface area contributed by atoms with E-state index in [9.17, 15) is 4.79 Å². The van der Waals surface area contributed by atoms with Gasteiger partial charge >= 0.3 is 0 Å². The molecule has 1 N–H and O–H groups in total. The van der Waals surface area contributed by atoms with E-state index in [1.165, 1.54) is 0 Å². The van der Waals surface area contributed by atoms with Crippen molar-refractivity contribution in [3.63, 3.8) is 0 Å². The summed E-state index contributed by atoms with van der Waals surface area (Å²) >= 11 is 0. The Kier molecular flexibility index (Phi) is 5.01. The van der Waals surface area contributed by atoms with Crippen LogP contribution in [0.1, 0.15) is 22.8 Å². The summed E-state index contributed by atoms with van der Waals surface area (Å²) in [7, 11) is 0. The van der Waals surface area contributed by atoms with Crippen LogP contribution in [0.15, 0.2) is 95.4 Å². The number of para-hydroxylation sites is 1. The molecule has 3 heteroatoms. The minimum absolute atomic E-state index is 0.00325. The fourth-order valence-corrected chi connectivity index (χ4v) is 3.36. The first-order valence-electron chi connectivity index (χ1n) is 9.16. The number of rotatable bonds is 6. The first-order chi connectivity index (χ1) is 13.3. The topological polar surface area (TPSA) is 42.2 Å². The van der Waals surface area contributed by atoms with Gasteiger partial charge in [-0.25, -0.2) is 0 Å². The molecule has 1 heterocycles. The molecule has 134 valence electrons. The predicted molar refractivity (Wildman–Crippen MR) is 108 cm³/mol. The summed E-state index contributed by atoms with van der Waals surface area (Å²) in [6, 6.07) is 29.7. The Balaban J connectivity index is 1.47. The largest absolute Gasteiger partial charge is 0.461 e. The molecule has 0 bridgehead atoms. The highest BCUT2D eigenvalue weighted by Gasteiger charge is 2.22. The van der Waals surface area contributed by atoms with Gasteiger partial charge in [0.25, 0.3) is 0 Å². The molecule has 3 nitrogen and oxygen atoms in total. The second kappa shape index (κ2) is 7.92. The van der Waals surface area contributed by atoms with Gasteiger partial charge in [0.05, 0.1) is 5.92 Å². The van der Waals surface area contributed by atoms with Gasteiger partial charge in [0, 0.05) is 18.4 Å². The molecule has 0 fully saturated rings. The molecule has 0 unspecified atom stereocenters. The van der Waals surface area contributed by atoms with E-state index in [-0.39, 0.29) is 11.8 Å². The van der Waals surface area contributed by atoms with Crippen LogP contribution in [0.25, 0.3) is 11.0 Å². The van der Waals surface area contributed by atoms with Gasteiger partial charge in [-0.3, -0.25) is 4.79 Å². The number of carbonyl (C=O) groups is 1. The van der Waals surface area contributed by atoms with Crippen molar-refractivity contribution in [3.8, 4) is 0 Å². The predicted octanol–water partition coefficient (Wildman–Crippen LogP) is 4.92. The van der Waals surface area contributed by atoms with Crippen LogP contribution in [0.2, 0.25) is 0 Å². The Morgan fingerprint density at radius 1 is 0.815 bits per heavy atom. The van der Waals surface area contributed by atoms with Gasteiger partial charge in [-0.05, 0) is 23.3 Å². The van der Waals surface area contributed by atoms with Crippen LogP contribution >= 0.6 is 0 Å². The molecule has 1 aromatic heterocycles. The lowest BCUT2D eigenvalue weighted by atomic mass is 9.90. The molecule has 4 rings (SSSR count). The molecule has 27 heavy (non-hydrogen) atoms. The highest BCUT2D eigenvalue weighted by molar-refractivity contribution is 5.87. The zero-order chi connectivity index (χ0) is 18.5. The van der Waals surface area contributed by atoms with Crippen molar-refractivity contribution in [1.29, 1.82) is 0 Å². The fourth-order valence-electron chi connectivity index (χ4n) is 3.36. The lowest BCUT2D eigenvalue weighted by molar-refractivity contribution is -0.121. The third kappa shape index (κ3) is 3.93. The number of furan rings is 1. The van der Waals surface area contributed by atoms with E-state index in [1.54, 1.807) is 0 Å². The van der Waals surface area contributed by atoms with E-state index in [4.69, 9.17) is 4.42 Å². The molecule has 0 aliphatic rings. The van der Waals surface area contributed by atoms with Gasteiger partial charge in [0.1, 0.15) is 11.3 Å². The minimum Gasteiger partial charge on any atom is -0.461 e. The van der Waals surface area contributed by atoms with Crippen molar-refractivity contribution in [2.24, 2.45) is 0 Å². The quantitative estimate of drug-likeness (QED) is 0.533. The van der Waals surface area contributed by atoms with Gasteiger partial charge < -0.3 is 9.73 Å². The summed E-state index contributed by atoms with van der Waals surface area (Å²) < 4.78 is 5.83. The Hall–Kier alpha value is -3.33. The monoisotopic (exact) mass is 355 g/mol. The fraction of sp³-hybridized carbons (Fsp3) is 0.125. The van der Waals surface area contributed by atoms with E-state index < -0.39 is 0 Å². The molecule has 0 atom stereocenters. The highest BCUT2D eigenvalue weighted by atomic mass is 16.3. The molecule has 0 spiro atoms. The van der Waals surface area contributed by atoms with Crippen LogP contribution in [0.5, 0.6) is 0 Å². The van der Waals surface area contributed by atoms with Crippen LogP contribution in [-0.2, 0) is 11.2 Å². The molecular formula is C24H21NO2. The van der Waals surface area contributed by atoms with Crippen molar-refractivity contribution in [2.45, 2.75) is 12.3 Å². The van der Waals surface area contributed by atoms with E-state index in [0.717, 1.165) is 27.9 Å². The average Bonchev–Trinajstić information content (AvgIpc) is 3.13. The SMILES string of the molecule is O=C(NCCc1cc2ccccc2o1)C(c1ccccc1)c1ccccc1. The average molecular weight is 355 g/mol. The van der Waals surface area contributed by atoms with Crippen LogP contribution < -0.4 is 5.32 Å². The Labute approximate surface area is 158 Å². The van der Waals surface area contributed by atoms with Crippen molar-refractivity contribution in [2.75, 3.05) is 6.54 Å². The number of fused-ring (bicyclic) bond motifs is 1. The summed E-state index contributed by atoms with van der Waals surface area (Å²) in [5.74, 6) is 0.569. The Morgan fingerprint density at radius 2 is 1.41 bits per heavy atom. The molecule has 4 aromatic rings. The normalized spacial score (nSPS) is 11.0. The maximum atomic E-state index is 13.0. The first-order valence-corrected chi connectivity index (χ1v) is 9.16. The molecule has 0 saturated heterocycles. The summed E-state index contributed by atoms with van der Waals surface area (Å²) in [5.41, 5.74) is 2.86. The van der Waals surface area contributed by atoms with Crippen molar-refractivity contribution < 1.29 is 9.21 Å². The number of benzene rings is 3. The zero-order valence-electron chi connectivity index (χ0n) is 15.0. The van der Waals surface area contributed by atoms with Gasteiger partial charge in [0.2, 0.25) is 5.91 Å². The van der Waals surface area contributed by atoms with Crippen LogP contribution in [-0.4, -0.2) is 12.5 Å². The summed E-state index contributed by atoms with van der Waals surface area (Å²) in [4.78, 5) is 13.0. The third-order valence-corrected chi connectivity index (χ3v) is 4.68. The molecule has 1 amide bonds. The third-order valence-electron chi connectivity index (χ3n) is 4.68. The second-order valence-electron chi connectivity index (χ2n) is 6.55. The standard InChI is InChI=1S/C24H21NO2/c26-24(25-16-15-21-17-20-13-7-8-14-22(20)27-21)23(18-9-3-1-4-10-18)19-11-5-2-6-12-19/h1-14,17,23H,15-16H2,(H,25,26). The van der Waals surface area contributed by atoms with Gasteiger partial charge in [0.15, 0.2) is 0 Å². The number of amides is 1. The maximum absolute atomic E-state index is 13.0. The van der Waals surface area contributed by atoms with E-state index in [0.29, 0.717) is 13.0 Å². The lowest BCUT2D eigenvalue weighted by Crippen LogP contribution is -2.31. The van der Waals surface area contributed by atoms with Crippen LogP contribution in [0.4, 0.5) is 0 Å². The summed E-state index contributed by atoms with van der Waals surface area (Å²) in [5, 5.41) is 4.16. The minimum atomic E-state index is -0.317. The molecule has 0 radical (unpaired) electrons. The smallest absolute Gasteiger partial charge is 0.232 e. The molecule has 0 saturated carbocycles. The Bertz CT molecular complexity index is 949. The molecule has 0 aliphatic carbocycles. The lowest BCUT2D eigenvalue weighted by Gasteiger charge is -2.17. The van der Waals surface area contributed by atoms with E-state index in [1.807, 2.05) is 91.0 Å². The zero-order valence-corrected chi connectivity index (χ0v) is 15.0. The number of nitrogens with one attached hydrogen (secondary N) is 1. The van der Waals surface area contributed by atoms with Crippen molar-refractivity contribution in [3.05, 3.63) is 108 Å². The molecular weight excluding hydrogens is 334 g/mol.